The lowest BCUT2D eigenvalue weighted by molar-refractivity contribution is 0.120. The van der Waals surface area contributed by atoms with E-state index in [0.29, 0.717) is 23.9 Å². The van der Waals surface area contributed by atoms with Crippen molar-refractivity contribution < 1.29 is 4.52 Å². The quantitative estimate of drug-likeness (QED) is 0.849. The van der Waals surface area contributed by atoms with Gasteiger partial charge in [-0.1, -0.05) is 35.5 Å². The molecule has 0 aliphatic carbocycles. The minimum absolute atomic E-state index is 0.317. The van der Waals surface area contributed by atoms with Gasteiger partial charge in [-0.2, -0.15) is 4.98 Å². The number of aromatic nitrogens is 2. The standard InChI is InChI=1S/C17H21N3O/c1-11-18-17(21-19-11)16-14(12-6-4-3-5-7-12)10-13-8-9-15(16)20(13)2/h3-7,13-16H,8-10H2,1-2H3/t13?,14-,15?,16+/m1/s1. The molecule has 0 radical (unpaired) electrons. The summed E-state index contributed by atoms with van der Waals surface area (Å²) in [5.41, 5.74) is 1.41. The molecule has 2 aromatic rings. The summed E-state index contributed by atoms with van der Waals surface area (Å²) in [5, 5.41) is 4.02. The Bertz CT molecular complexity index is 624. The lowest BCUT2D eigenvalue weighted by atomic mass is 9.76. The Labute approximate surface area is 125 Å². The van der Waals surface area contributed by atoms with Crippen LogP contribution in [0.25, 0.3) is 0 Å². The van der Waals surface area contributed by atoms with Gasteiger partial charge >= 0.3 is 0 Å². The number of hydrogen-bond acceptors (Lipinski definition) is 4. The third-order valence-corrected chi connectivity index (χ3v) is 5.32. The normalized spacial score (nSPS) is 32.5. The maximum absolute atomic E-state index is 5.57. The lowest BCUT2D eigenvalue weighted by Crippen LogP contribution is -2.44. The van der Waals surface area contributed by atoms with E-state index in [-0.39, 0.29) is 0 Å². The second kappa shape index (κ2) is 4.95. The molecule has 1 aromatic carbocycles. The van der Waals surface area contributed by atoms with Gasteiger partial charge in [-0.15, -0.1) is 0 Å². The Kier molecular flexibility index (Phi) is 3.07. The Morgan fingerprint density at radius 2 is 2.00 bits per heavy atom. The molecule has 4 heteroatoms. The topological polar surface area (TPSA) is 42.2 Å². The minimum Gasteiger partial charge on any atom is -0.339 e. The minimum atomic E-state index is 0.317. The van der Waals surface area contributed by atoms with Crippen molar-refractivity contribution in [2.24, 2.45) is 0 Å². The van der Waals surface area contributed by atoms with E-state index >= 15 is 0 Å². The molecule has 0 N–H and O–H groups in total. The molecule has 2 aliphatic heterocycles. The molecule has 4 rings (SSSR count). The van der Waals surface area contributed by atoms with Crippen LogP contribution in [0.1, 0.15) is 48.4 Å². The van der Waals surface area contributed by atoms with Crippen molar-refractivity contribution in [2.75, 3.05) is 7.05 Å². The Hall–Kier alpha value is -1.68. The summed E-state index contributed by atoms with van der Waals surface area (Å²) in [6.07, 6.45) is 3.70. The van der Waals surface area contributed by atoms with E-state index in [1.807, 2.05) is 6.92 Å². The molecule has 4 nitrogen and oxygen atoms in total. The third kappa shape index (κ3) is 2.09. The summed E-state index contributed by atoms with van der Waals surface area (Å²) in [4.78, 5) is 7.09. The van der Waals surface area contributed by atoms with Crippen LogP contribution in [0.3, 0.4) is 0 Å². The van der Waals surface area contributed by atoms with E-state index in [1.165, 1.54) is 24.8 Å². The van der Waals surface area contributed by atoms with Crippen LogP contribution in [-0.2, 0) is 0 Å². The molecule has 2 bridgehead atoms. The number of rotatable bonds is 2. The largest absolute Gasteiger partial charge is 0.339 e. The molecule has 0 saturated carbocycles. The van der Waals surface area contributed by atoms with Crippen molar-refractivity contribution in [2.45, 2.75) is 50.1 Å². The van der Waals surface area contributed by atoms with Crippen LogP contribution in [0, 0.1) is 6.92 Å². The molecule has 0 amide bonds. The predicted molar refractivity (Wildman–Crippen MR) is 80.1 cm³/mol. The fourth-order valence-corrected chi connectivity index (χ4v) is 4.29. The van der Waals surface area contributed by atoms with Crippen LogP contribution in [0.15, 0.2) is 34.9 Å². The summed E-state index contributed by atoms with van der Waals surface area (Å²) in [5.74, 6) is 2.36. The number of fused-ring (bicyclic) bond motifs is 2. The van der Waals surface area contributed by atoms with Gasteiger partial charge in [0.2, 0.25) is 5.89 Å². The SMILES string of the molecule is Cc1noc([C@@H]2C3CCC(C[C@@H]2c2ccccc2)N3C)n1. The summed E-state index contributed by atoms with van der Waals surface area (Å²) in [6.45, 7) is 1.90. The number of benzene rings is 1. The average molecular weight is 283 g/mol. The van der Waals surface area contributed by atoms with E-state index in [4.69, 9.17) is 4.52 Å². The van der Waals surface area contributed by atoms with Gasteiger partial charge in [0.25, 0.3) is 0 Å². The van der Waals surface area contributed by atoms with Gasteiger partial charge in [0.15, 0.2) is 5.82 Å². The van der Waals surface area contributed by atoms with E-state index in [1.54, 1.807) is 0 Å². The highest BCUT2D eigenvalue weighted by Crippen LogP contribution is 2.50. The summed E-state index contributed by atoms with van der Waals surface area (Å²) < 4.78 is 5.57. The highest BCUT2D eigenvalue weighted by Gasteiger charge is 2.48. The molecule has 3 heterocycles. The first-order valence-corrected chi connectivity index (χ1v) is 7.81. The summed E-state index contributed by atoms with van der Waals surface area (Å²) in [6, 6.07) is 12.0. The van der Waals surface area contributed by atoms with Crippen LogP contribution < -0.4 is 0 Å². The summed E-state index contributed by atoms with van der Waals surface area (Å²) >= 11 is 0. The van der Waals surface area contributed by atoms with Crippen LogP contribution in [0.4, 0.5) is 0 Å². The van der Waals surface area contributed by atoms with Crippen LogP contribution in [-0.4, -0.2) is 34.2 Å². The van der Waals surface area contributed by atoms with Gasteiger partial charge in [0, 0.05) is 12.1 Å². The second-order valence-corrected chi connectivity index (χ2v) is 6.42. The van der Waals surface area contributed by atoms with Crippen LogP contribution in [0.5, 0.6) is 0 Å². The number of nitrogens with zero attached hydrogens (tertiary/aromatic N) is 3. The van der Waals surface area contributed by atoms with E-state index in [2.05, 4.69) is 52.4 Å². The van der Waals surface area contributed by atoms with Gasteiger partial charge in [0.05, 0.1) is 5.92 Å². The van der Waals surface area contributed by atoms with Gasteiger partial charge in [0.1, 0.15) is 0 Å². The molecule has 2 saturated heterocycles. The predicted octanol–water partition coefficient (Wildman–Crippen LogP) is 3.11. The zero-order valence-electron chi connectivity index (χ0n) is 12.6. The fourth-order valence-electron chi connectivity index (χ4n) is 4.29. The number of aryl methyl sites for hydroxylation is 1. The molecule has 2 aliphatic rings. The van der Waals surface area contributed by atoms with Crippen molar-refractivity contribution in [3.8, 4) is 0 Å². The third-order valence-electron chi connectivity index (χ3n) is 5.32. The van der Waals surface area contributed by atoms with E-state index in [9.17, 15) is 0 Å². The zero-order chi connectivity index (χ0) is 14.4. The highest BCUT2D eigenvalue weighted by molar-refractivity contribution is 5.27. The fraction of sp³-hybridized carbons (Fsp3) is 0.529. The molecule has 2 fully saturated rings. The highest BCUT2D eigenvalue weighted by atomic mass is 16.5. The van der Waals surface area contributed by atoms with Gasteiger partial charge in [-0.25, -0.2) is 0 Å². The maximum Gasteiger partial charge on any atom is 0.231 e. The zero-order valence-corrected chi connectivity index (χ0v) is 12.6. The van der Waals surface area contributed by atoms with Crippen LogP contribution >= 0.6 is 0 Å². The molecule has 4 atom stereocenters. The molecule has 2 unspecified atom stereocenters. The first-order chi connectivity index (χ1) is 10.2. The molecule has 0 spiro atoms. The number of piperidine rings is 1. The molecule has 21 heavy (non-hydrogen) atoms. The smallest absolute Gasteiger partial charge is 0.231 e. The second-order valence-electron chi connectivity index (χ2n) is 6.42. The van der Waals surface area contributed by atoms with Crippen molar-refractivity contribution in [3.05, 3.63) is 47.6 Å². The Morgan fingerprint density at radius 3 is 2.71 bits per heavy atom. The molecular formula is C17H21N3O. The first kappa shape index (κ1) is 13.0. The monoisotopic (exact) mass is 283 g/mol. The first-order valence-electron chi connectivity index (χ1n) is 7.81. The van der Waals surface area contributed by atoms with E-state index in [0.717, 1.165) is 11.7 Å². The molecule has 110 valence electrons. The van der Waals surface area contributed by atoms with Gasteiger partial charge in [-0.05, 0) is 44.7 Å². The van der Waals surface area contributed by atoms with Crippen molar-refractivity contribution >= 4 is 0 Å². The summed E-state index contributed by atoms with van der Waals surface area (Å²) in [7, 11) is 2.25. The maximum atomic E-state index is 5.57. The molecule has 1 aromatic heterocycles. The number of hydrogen-bond donors (Lipinski definition) is 0. The Balaban J connectivity index is 1.77. The lowest BCUT2D eigenvalue weighted by Gasteiger charge is -2.41. The number of likely N-dealkylation sites (N-methyl/N-ethyl adjacent to an activating group) is 1. The average Bonchev–Trinajstić information content (AvgIpc) is 3.01. The van der Waals surface area contributed by atoms with Crippen molar-refractivity contribution in [1.82, 2.24) is 15.0 Å². The van der Waals surface area contributed by atoms with Gasteiger partial charge < -0.3 is 4.52 Å². The van der Waals surface area contributed by atoms with Crippen molar-refractivity contribution in [1.29, 1.82) is 0 Å². The Morgan fingerprint density at radius 1 is 1.19 bits per heavy atom. The van der Waals surface area contributed by atoms with Crippen LogP contribution in [0.2, 0.25) is 0 Å². The van der Waals surface area contributed by atoms with E-state index < -0.39 is 0 Å². The van der Waals surface area contributed by atoms with Crippen molar-refractivity contribution in [3.63, 3.8) is 0 Å². The van der Waals surface area contributed by atoms with Gasteiger partial charge in [-0.3, -0.25) is 4.90 Å². The molecular weight excluding hydrogens is 262 g/mol.